The number of esters is 1. The van der Waals surface area contributed by atoms with Crippen LogP contribution in [0.5, 0.6) is 5.75 Å². The van der Waals surface area contributed by atoms with Crippen LogP contribution in [-0.2, 0) is 14.3 Å². The lowest BCUT2D eigenvalue weighted by atomic mass is 9.85. The Morgan fingerprint density at radius 2 is 1.77 bits per heavy atom. The lowest BCUT2D eigenvalue weighted by molar-refractivity contribution is -0.164. The molecule has 39 heavy (non-hydrogen) atoms. The molecule has 9 nitrogen and oxygen atoms in total. The number of ketones is 1. The van der Waals surface area contributed by atoms with Crippen LogP contribution in [0.2, 0.25) is 5.02 Å². The predicted molar refractivity (Wildman–Crippen MR) is 146 cm³/mol. The predicted octanol–water partition coefficient (Wildman–Crippen LogP) is 3.76. The fraction of sp³-hybridized carbons (Fsp3) is 0.407. The number of benzene rings is 2. The van der Waals surface area contributed by atoms with Crippen LogP contribution < -0.4 is 21.1 Å². The van der Waals surface area contributed by atoms with Crippen molar-refractivity contribution in [2.75, 3.05) is 6.54 Å². The van der Waals surface area contributed by atoms with Crippen LogP contribution >= 0.6 is 24.0 Å². The average molecular weight is 584 g/mol. The van der Waals surface area contributed by atoms with E-state index >= 15 is 0 Å². The molecule has 212 valence electrons. The van der Waals surface area contributed by atoms with Crippen LogP contribution in [0.3, 0.4) is 0 Å². The van der Waals surface area contributed by atoms with Crippen molar-refractivity contribution in [2.45, 2.75) is 58.4 Å². The van der Waals surface area contributed by atoms with Gasteiger partial charge >= 0.3 is 5.97 Å². The van der Waals surface area contributed by atoms with Gasteiger partial charge in [0, 0.05) is 16.7 Å². The van der Waals surface area contributed by atoms with Crippen LogP contribution in [0.15, 0.2) is 36.4 Å². The van der Waals surface area contributed by atoms with Crippen LogP contribution in [0.1, 0.15) is 66.9 Å². The lowest BCUT2D eigenvalue weighted by Crippen LogP contribution is -2.56. The van der Waals surface area contributed by atoms with E-state index in [2.05, 4.69) is 10.6 Å². The number of rotatable bonds is 8. The van der Waals surface area contributed by atoms with Gasteiger partial charge in [-0.1, -0.05) is 25.4 Å². The molecule has 0 bridgehead atoms. The molecule has 1 aliphatic heterocycles. The number of carbonyl (C=O) groups excluding carboxylic acids is 4. The van der Waals surface area contributed by atoms with E-state index in [9.17, 15) is 23.6 Å². The summed E-state index contributed by atoms with van der Waals surface area (Å²) in [5.41, 5.74) is 5.52. The van der Waals surface area contributed by atoms with Gasteiger partial charge in [-0.3, -0.25) is 19.2 Å². The van der Waals surface area contributed by atoms with Gasteiger partial charge in [0.25, 0.3) is 5.91 Å². The number of ether oxygens (including phenoxy) is 2. The zero-order chi connectivity index (χ0) is 28.4. The first-order valence-corrected chi connectivity index (χ1v) is 12.4. The Morgan fingerprint density at radius 3 is 2.36 bits per heavy atom. The zero-order valence-electron chi connectivity index (χ0n) is 22.2. The smallest absolute Gasteiger partial charge is 0.325 e. The quantitative estimate of drug-likeness (QED) is 0.318. The van der Waals surface area contributed by atoms with Gasteiger partial charge in [0.2, 0.25) is 5.91 Å². The molecule has 2 amide bonds. The number of nitrogens with two attached hydrogens (primary N) is 1. The van der Waals surface area contributed by atoms with Gasteiger partial charge in [0.15, 0.2) is 11.9 Å². The summed E-state index contributed by atoms with van der Waals surface area (Å²) in [4.78, 5) is 50.3. The number of Topliss-reactive ketones (excluding diaryl/α,β-unsaturated/α-hetero) is 1. The van der Waals surface area contributed by atoms with E-state index in [1.165, 1.54) is 19.1 Å². The van der Waals surface area contributed by atoms with E-state index in [4.69, 9.17) is 26.8 Å². The normalized spacial score (nSPS) is 18.1. The summed E-state index contributed by atoms with van der Waals surface area (Å²) in [7, 11) is 0. The summed E-state index contributed by atoms with van der Waals surface area (Å²) < 4.78 is 25.5. The van der Waals surface area contributed by atoms with Crippen molar-refractivity contribution in [1.29, 1.82) is 0 Å². The van der Waals surface area contributed by atoms with Crippen LogP contribution in [0.4, 0.5) is 4.39 Å². The first-order valence-electron chi connectivity index (χ1n) is 12.0. The van der Waals surface area contributed by atoms with Crippen LogP contribution in [-0.4, -0.2) is 47.9 Å². The monoisotopic (exact) mass is 583 g/mol. The highest BCUT2D eigenvalue weighted by molar-refractivity contribution is 6.31. The Bertz CT molecular complexity index is 1270. The molecule has 0 aliphatic carbocycles. The summed E-state index contributed by atoms with van der Waals surface area (Å²) in [6, 6.07) is 6.49. The molecule has 0 fully saturated rings. The lowest BCUT2D eigenvalue weighted by Gasteiger charge is -2.44. The molecule has 4 N–H and O–H groups in total. The minimum Gasteiger partial charge on any atom is -0.484 e. The van der Waals surface area contributed by atoms with Crippen molar-refractivity contribution in [2.24, 2.45) is 11.7 Å². The van der Waals surface area contributed by atoms with E-state index in [1.54, 1.807) is 45.9 Å². The molecule has 0 saturated carbocycles. The molecule has 1 heterocycles. The highest BCUT2D eigenvalue weighted by atomic mass is 35.5. The number of amides is 2. The molecule has 1 aliphatic rings. The fourth-order valence-electron chi connectivity index (χ4n) is 4.00. The van der Waals surface area contributed by atoms with Gasteiger partial charge in [-0.05, 0) is 63.1 Å². The van der Waals surface area contributed by atoms with E-state index in [-0.39, 0.29) is 34.7 Å². The molecule has 12 heteroatoms. The van der Waals surface area contributed by atoms with E-state index in [0.717, 1.165) is 6.07 Å². The maximum absolute atomic E-state index is 13.7. The third kappa shape index (κ3) is 7.46. The molecular weight excluding hydrogens is 552 g/mol. The molecule has 0 aromatic heterocycles. The van der Waals surface area contributed by atoms with Gasteiger partial charge < -0.3 is 25.8 Å². The van der Waals surface area contributed by atoms with E-state index < -0.39 is 53.9 Å². The Balaban J connectivity index is 0.00000533. The topological polar surface area (TPSA) is 137 Å². The summed E-state index contributed by atoms with van der Waals surface area (Å²) in [6.07, 6.45) is -1.08. The minimum atomic E-state index is -1.14. The number of hydrogen-bond acceptors (Lipinski definition) is 7. The van der Waals surface area contributed by atoms with E-state index in [1.807, 2.05) is 0 Å². The fourth-order valence-corrected chi connectivity index (χ4v) is 4.18. The minimum absolute atomic E-state index is 0. The highest BCUT2D eigenvalue weighted by Crippen LogP contribution is 2.42. The van der Waals surface area contributed by atoms with Gasteiger partial charge in [-0.25, -0.2) is 4.39 Å². The number of nitrogens with one attached hydrogen (secondary N) is 2. The molecular formula is C27H32Cl2FN3O6. The van der Waals surface area contributed by atoms with Gasteiger partial charge in [0.05, 0.1) is 17.1 Å². The third-order valence-electron chi connectivity index (χ3n) is 6.27. The van der Waals surface area contributed by atoms with Crippen LogP contribution in [0.25, 0.3) is 0 Å². The van der Waals surface area contributed by atoms with Gasteiger partial charge in [-0.2, -0.15) is 0 Å². The number of carbonyl (C=O) groups is 4. The molecule has 3 rings (SSSR count). The largest absolute Gasteiger partial charge is 0.484 e. The summed E-state index contributed by atoms with van der Waals surface area (Å²) in [6.45, 7) is 7.84. The number of halogens is 3. The molecule has 0 radical (unpaired) electrons. The first-order chi connectivity index (χ1) is 17.7. The van der Waals surface area contributed by atoms with Crippen molar-refractivity contribution in [3.8, 4) is 5.75 Å². The summed E-state index contributed by atoms with van der Waals surface area (Å²) in [5, 5.41) is 5.04. The van der Waals surface area contributed by atoms with Gasteiger partial charge in [0.1, 0.15) is 23.7 Å². The average Bonchev–Trinajstić information content (AvgIpc) is 2.84. The Hall–Kier alpha value is -3.21. The first kappa shape index (κ1) is 32.0. The zero-order valence-corrected chi connectivity index (χ0v) is 23.7. The second kappa shape index (κ2) is 12.8. The van der Waals surface area contributed by atoms with Crippen molar-refractivity contribution >= 4 is 47.6 Å². The molecule has 0 unspecified atom stereocenters. The van der Waals surface area contributed by atoms with E-state index in [0.29, 0.717) is 16.9 Å². The Kier molecular flexibility index (Phi) is 10.5. The maximum atomic E-state index is 13.7. The summed E-state index contributed by atoms with van der Waals surface area (Å²) >= 11 is 5.86. The molecule has 0 spiro atoms. The third-order valence-corrected chi connectivity index (χ3v) is 6.56. The van der Waals surface area contributed by atoms with Crippen LogP contribution in [0, 0.1) is 11.7 Å². The number of fused-ring (bicyclic) bond motifs is 1. The molecule has 2 aromatic carbocycles. The summed E-state index contributed by atoms with van der Waals surface area (Å²) in [5.74, 6) is -2.57. The maximum Gasteiger partial charge on any atom is 0.325 e. The van der Waals surface area contributed by atoms with Crippen molar-refractivity contribution in [3.63, 3.8) is 0 Å². The Morgan fingerprint density at radius 1 is 1.13 bits per heavy atom. The number of hydrogen-bond donors (Lipinski definition) is 3. The SMILES string of the molecule is CC(=O)c1ccc2c(c1)[C@@H](NC(=O)c1ccc(F)c(Cl)c1)[C@H](OC(=O)CNC(=O)[C@@H](N)C(C)C)C(C)(C)O2.Cl. The molecule has 0 saturated heterocycles. The standard InChI is InChI=1S/C27H31ClFN3O6.ClH/c1-13(2)22(30)26(36)31-12-21(34)37-24-23(32-25(35)16-6-8-19(29)18(28)11-16)17-10-15(14(3)33)7-9-20(17)38-27(24,4)5;/h6-11,13,22-24H,12,30H2,1-5H3,(H,31,36)(H,32,35);1H/t22-,23+,24-;/m0./s1. The second-order valence-electron chi connectivity index (χ2n) is 9.99. The van der Waals surface area contributed by atoms with Crippen molar-refractivity contribution < 1.29 is 33.0 Å². The van der Waals surface area contributed by atoms with Gasteiger partial charge in [-0.15, -0.1) is 12.4 Å². The second-order valence-corrected chi connectivity index (χ2v) is 10.4. The Labute approximate surface area is 237 Å². The van der Waals surface area contributed by atoms with Crippen molar-refractivity contribution in [3.05, 3.63) is 63.9 Å². The molecule has 3 atom stereocenters. The molecule has 2 aromatic rings. The highest BCUT2D eigenvalue weighted by Gasteiger charge is 2.47. The van der Waals surface area contributed by atoms with Crippen molar-refractivity contribution in [1.82, 2.24) is 10.6 Å².